The van der Waals surface area contributed by atoms with Gasteiger partial charge in [0.15, 0.2) is 0 Å². The molecule has 0 saturated heterocycles. The van der Waals surface area contributed by atoms with E-state index in [1.54, 1.807) is 0 Å². The molecular formula is C25H18S. The first-order valence-corrected chi connectivity index (χ1v) is 9.74. The monoisotopic (exact) mass is 350 g/mol. The van der Waals surface area contributed by atoms with E-state index in [9.17, 15) is 0 Å². The summed E-state index contributed by atoms with van der Waals surface area (Å²) in [4.78, 5) is 0. The average molecular weight is 350 g/mol. The van der Waals surface area contributed by atoms with Gasteiger partial charge in [-0.3, -0.25) is 0 Å². The zero-order valence-electron chi connectivity index (χ0n) is 14.4. The van der Waals surface area contributed by atoms with Crippen molar-refractivity contribution in [1.29, 1.82) is 0 Å². The fourth-order valence-electron chi connectivity index (χ4n) is 3.61. The van der Waals surface area contributed by atoms with E-state index in [-0.39, 0.29) is 0 Å². The van der Waals surface area contributed by atoms with Gasteiger partial charge in [-0.05, 0) is 34.7 Å². The molecule has 0 spiro atoms. The highest BCUT2D eigenvalue weighted by Crippen LogP contribution is 2.39. The average Bonchev–Trinajstić information content (AvgIpc) is 3.08. The Balaban J connectivity index is 1.55. The molecule has 124 valence electrons. The first-order valence-electron chi connectivity index (χ1n) is 8.92. The molecule has 0 unspecified atom stereocenters. The van der Waals surface area contributed by atoms with Crippen LogP contribution in [-0.4, -0.2) is 0 Å². The third kappa shape index (κ3) is 2.71. The molecule has 1 heteroatoms. The van der Waals surface area contributed by atoms with Gasteiger partial charge in [0.25, 0.3) is 0 Å². The molecule has 0 amide bonds. The van der Waals surface area contributed by atoms with Crippen LogP contribution in [0.4, 0.5) is 0 Å². The Labute approximate surface area is 157 Å². The predicted molar refractivity (Wildman–Crippen MR) is 114 cm³/mol. The first kappa shape index (κ1) is 15.4. The fourth-order valence-corrected chi connectivity index (χ4v) is 4.85. The van der Waals surface area contributed by atoms with E-state index in [0.717, 1.165) is 6.42 Å². The van der Waals surface area contributed by atoms with Crippen molar-refractivity contribution in [2.24, 2.45) is 0 Å². The molecule has 0 bridgehead atoms. The van der Waals surface area contributed by atoms with E-state index >= 15 is 0 Å². The molecule has 26 heavy (non-hydrogen) atoms. The summed E-state index contributed by atoms with van der Waals surface area (Å²) in [5.41, 5.74) is 5.32. The molecule has 1 heterocycles. The van der Waals surface area contributed by atoms with Crippen LogP contribution in [-0.2, 0) is 6.42 Å². The summed E-state index contributed by atoms with van der Waals surface area (Å²) in [5.74, 6) is 0. The molecule has 0 aliphatic heterocycles. The van der Waals surface area contributed by atoms with Crippen molar-refractivity contribution in [3.05, 3.63) is 108 Å². The van der Waals surface area contributed by atoms with Crippen molar-refractivity contribution in [2.75, 3.05) is 0 Å². The van der Waals surface area contributed by atoms with Gasteiger partial charge in [-0.25, -0.2) is 0 Å². The van der Waals surface area contributed by atoms with Gasteiger partial charge in [-0.1, -0.05) is 91.0 Å². The van der Waals surface area contributed by atoms with Crippen molar-refractivity contribution in [3.8, 4) is 11.1 Å². The second-order valence-corrected chi connectivity index (χ2v) is 7.69. The lowest BCUT2D eigenvalue weighted by molar-refractivity contribution is 1.19. The van der Waals surface area contributed by atoms with Gasteiger partial charge in [0.2, 0.25) is 0 Å². The minimum atomic E-state index is 0.980. The number of hydrogen-bond donors (Lipinski definition) is 0. The van der Waals surface area contributed by atoms with Crippen LogP contribution in [0.2, 0.25) is 0 Å². The second kappa shape index (κ2) is 6.44. The van der Waals surface area contributed by atoms with Gasteiger partial charge in [0, 0.05) is 20.2 Å². The zero-order chi connectivity index (χ0) is 17.3. The lowest BCUT2D eigenvalue weighted by atomic mass is 9.99. The molecule has 4 aromatic carbocycles. The molecule has 1 aromatic heterocycles. The van der Waals surface area contributed by atoms with Crippen molar-refractivity contribution < 1.29 is 0 Å². The van der Waals surface area contributed by atoms with Gasteiger partial charge < -0.3 is 0 Å². The second-order valence-electron chi connectivity index (χ2n) is 6.64. The van der Waals surface area contributed by atoms with Crippen LogP contribution in [0.3, 0.4) is 0 Å². The van der Waals surface area contributed by atoms with E-state index in [2.05, 4.69) is 97.1 Å². The van der Waals surface area contributed by atoms with E-state index < -0.39 is 0 Å². The molecular weight excluding hydrogens is 332 g/mol. The summed E-state index contributed by atoms with van der Waals surface area (Å²) in [5, 5.41) is 2.71. The summed E-state index contributed by atoms with van der Waals surface area (Å²) in [6, 6.07) is 35.0. The maximum Gasteiger partial charge on any atom is 0.0433 e. The van der Waals surface area contributed by atoms with Crippen molar-refractivity contribution in [3.63, 3.8) is 0 Å². The number of rotatable bonds is 3. The van der Waals surface area contributed by atoms with Gasteiger partial charge in [-0.15, -0.1) is 11.3 Å². The van der Waals surface area contributed by atoms with E-state index in [4.69, 9.17) is 0 Å². The summed E-state index contributed by atoms with van der Waals surface area (Å²) >= 11 is 1.89. The Morgan fingerprint density at radius 1 is 0.538 bits per heavy atom. The standard InChI is InChI=1S/C25H18S/c1-2-7-18(8-3-1)17-19-13-15-20(16-14-19)21-10-6-11-23-22-9-4-5-12-24(22)26-25(21)23/h1-16H,17H2. The van der Waals surface area contributed by atoms with Crippen molar-refractivity contribution in [2.45, 2.75) is 6.42 Å². The molecule has 5 aromatic rings. The van der Waals surface area contributed by atoms with Crippen molar-refractivity contribution >= 4 is 31.5 Å². The van der Waals surface area contributed by atoms with Gasteiger partial charge in [0.05, 0.1) is 0 Å². The Kier molecular flexibility index (Phi) is 3.80. The third-order valence-corrected chi connectivity index (χ3v) is 6.14. The minimum absolute atomic E-state index is 0.980. The first-order chi connectivity index (χ1) is 12.9. The molecule has 0 radical (unpaired) electrons. The molecule has 0 aliphatic carbocycles. The molecule has 0 aliphatic rings. The Hall–Kier alpha value is -2.90. The molecule has 0 saturated carbocycles. The minimum Gasteiger partial charge on any atom is -0.135 e. The summed E-state index contributed by atoms with van der Waals surface area (Å²) < 4.78 is 2.74. The van der Waals surface area contributed by atoms with Gasteiger partial charge >= 0.3 is 0 Å². The smallest absolute Gasteiger partial charge is 0.0433 e. The van der Waals surface area contributed by atoms with Crippen LogP contribution in [0.15, 0.2) is 97.1 Å². The summed E-state index contributed by atoms with van der Waals surface area (Å²) in [6.07, 6.45) is 0.980. The maximum atomic E-state index is 2.26. The highest BCUT2D eigenvalue weighted by Gasteiger charge is 2.09. The zero-order valence-corrected chi connectivity index (χ0v) is 15.2. The largest absolute Gasteiger partial charge is 0.135 e. The normalized spacial score (nSPS) is 11.2. The lowest BCUT2D eigenvalue weighted by Gasteiger charge is -2.06. The number of thiophene rings is 1. The number of hydrogen-bond acceptors (Lipinski definition) is 1. The van der Waals surface area contributed by atoms with E-state index in [0.29, 0.717) is 0 Å². The number of benzene rings is 4. The Morgan fingerprint density at radius 3 is 2.08 bits per heavy atom. The lowest BCUT2D eigenvalue weighted by Crippen LogP contribution is -1.87. The topological polar surface area (TPSA) is 0 Å². The maximum absolute atomic E-state index is 2.26. The highest BCUT2D eigenvalue weighted by atomic mass is 32.1. The molecule has 0 atom stereocenters. The summed E-state index contributed by atoms with van der Waals surface area (Å²) in [7, 11) is 0. The van der Waals surface area contributed by atoms with Gasteiger partial charge in [-0.2, -0.15) is 0 Å². The van der Waals surface area contributed by atoms with Crippen LogP contribution >= 0.6 is 11.3 Å². The molecule has 0 fully saturated rings. The van der Waals surface area contributed by atoms with Crippen LogP contribution in [0, 0.1) is 0 Å². The number of fused-ring (bicyclic) bond motifs is 3. The molecule has 5 rings (SSSR count). The van der Waals surface area contributed by atoms with Gasteiger partial charge in [0.1, 0.15) is 0 Å². The summed E-state index contributed by atoms with van der Waals surface area (Å²) in [6.45, 7) is 0. The molecule has 0 nitrogen and oxygen atoms in total. The van der Waals surface area contributed by atoms with Crippen LogP contribution < -0.4 is 0 Å². The van der Waals surface area contributed by atoms with E-state index in [1.807, 2.05) is 11.3 Å². The van der Waals surface area contributed by atoms with Crippen molar-refractivity contribution in [1.82, 2.24) is 0 Å². The predicted octanol–water partition coefficient (Wildman–Crippen LogP) is 7.31. The van der Waals surface area contributed by atoms with Crippen LogP contribution in [0.1, 0.15) is 11.1 Å². The molecule has 0 N–H and O–H groups in total. The highest BCUT2D eigenvalue weighted by molar-refractivity contribution is 7.26. The Morgan fingerprint density at radius 2 is 1.23 bits per heavy atom. The third-order valence-electron chi connectivity index (χ3n) is 4.92. The van der Waals surface area contributed by atoms with Crippen LogP contribution in [0.5, 0.6) is 0 Å². The van der Waals surface area contributed by atoms with Crippen LogP contribution in [0.25, 0.3) is 31.3 Å². The fraction of sp³-hybridized carbons (Fsp3) is 0.0400. The SMILES string of the molecule is c1ccc(Cc2ccc(-c3cccc4c3sc3ccccc34)cc2)cc1. The quantitative estimate of drug-likeness (QED) is 0.320. The van der Waals surface area contributed by atoms with E-state index in [1.165, 1.54) is 42.4 Å². The Bertz CT molecular complexity index is 1180.